The predicted octanol–water partition coefficient (Wildman–Crippen LogP) is 3.37. The van der Waals surface area contributed by atoms with E-state index in [0.29, 0.717) is 17.6 Å². The molecule has 0 aromatic heterocycles. The molecule has 4 nitrogen and oxygen atoms in total. The van der Waals surface area contributed by atoms with Crippen molar-refractivity contribution in [3.05, 3.63) is 29.3 Å². The van der Waals surface area contributed by atoms with Gasteiger partial charge in [-0.1, -0.05) is 12.1 Å². The molecular weight excluding hydrogens is 280 g/mol. The summed E-state index contributed by atoms with van der Waals surface area (Å²) >= 11 is 0. The first-order valence-corrected chi connectivity index (χ1v) is 8.02. The van der Waals surface area contributed by atoms with Crippen LogP contribution in [0.1, 0.15) is 56.6 Å². The minimum atomic E-state index is -0.269. The van der Waals surface area contributed by atoms with E-state index in [-0.39, 0.29) is 18.0 Å². The van der Waals surface area contributed by atoms with Gasteiger partial charge in [0.1, 0.15) is 11.9 Å². The molecule has 22 heavy (non-hydrogen) atoms. The fourth-order valence-electron chi connectivity index (χ4n) is 4.07. The second-order valence-corrected chi connectivity index (χ2v) is 6.37. The van der Waals surface area contributed by atoms with Crippen molar-refractivity contribution < 1.29 is 19.1 Å². The second-order valence-electron chi connectivity index (χ2n) is 6.37. The first kappa shape index (κ1) is 15.1. The minimum Gasteiger partial charge on any atom is -0.463 e. The summed E-state index contributed by atoms with van der Waals surface area (Å²) in [4.78, 5) is 22.4. The van der Waals surface area contributed by atoms with E-state index < -0.39 is 0 Å². The number of fused-ring (bicyclic) bond motifs is 3. The van der Waals surface area contributed by atoms with Gasteiger partial charge < -0.3 is 9.47 Å². The summed E-state index contributed by atoms with van der Waals surface area (Å²) in [5, 5.41) is 0. The number of hydrogen-bond acceptors (Lipinski definition) is 4. The Kier molecular flexibility index (Phi) is 4.19. The van der Waals surface area contributed by atoms with E-state index in [4.69, 9.17) is 9.47 Å². The van der Waals surface area contributed by atoms with Crippen LogP contribution in [-0.4, -0.2) is 18.0 Å². The number of esters is 2. The first-order chi connectivity index (χ1) is 10.5. The van der Waals surface area contributed by atoms with Crippen LogP contribution in [0.3, 0.4) is 0 Å². The molecule has 0 heterocycles. The Hall–Kier alpha value is -1.84. The summed E-state index contributed by atoms with van der Waals surface area (Å²) in [5.74, 6) is 1.31. The molecule has 0 aliphatic heterocycles. The zero-order valence-corrected chi connectivity index (χ0v) is 13.1. The molecule has 0 bridgehead atoms. The van der Waals surface area contributed by atoms with E-state index in [9.17, 15) is 9.59 Å². The number of carbonyl (C=O) groups excluding carboxylic acids is 2. The summed E-state index contributed by atoms with van der Waals surface area (Å²) < 4.78 is 10.8. The lowest BCUT2D eigenvalue weighted by atomic mass is 9.67. The van der Waals surface area contributed by atoms with Crippen LogP contribution in [0.5, 0.6) is 5.75 Å². The fraction of sp³-hybridized carbons (Fsp3) is 0.556. The third-order valence-corrected chi connectivity index (χ3v) is 4.85. The van der Waals surface area contributed by atoms with Crippen LogP contribution in [-0.2, 0) is 20.7 Å². The van der Waals surface area contributed by atoms with Crippen molar-refractivity contribution in [3.8, 4) is 5.75 Å². The molecule has 4 heteroatoms. The van der Waals surface area contributed by atoms with Crippen LogP contribution >= 0.6 is 0 Å². The SMILES string of the molecule is CC(=O)Oc1cccc2c1CC[C@@H]1C[C@@H](OC(C)=O)CC[C@H]21. The third kappa shape index (κ3) is 3.01. The minimum absolute atomic E-state index is 0.0666. The van der Waals surface area contributed by atoms with Gasteiger partial charge in [0.2, 0.25) is 0 Å². The zero-order chi connectivity index (χ0) is 15.7. The van der Waals surface area contributed by atoms with E-state index in [0.717, 1.165) is 32.1 Å². The van der Waals surface area contributed by atoms with Crippen LogP contribution < -0.4 is 4.74 Å². The molecule has 0 saturated heterocycles. The average Bonchev–Trinajstić information content (AvgIpc) is 2.45. The van der Waals surface area contributed by atoms with E-state index >= 15 is 0 Å². The predicted molar refractivity (Wildman–Crippen MR) is 81.7 cm³/mol. The van der Waals surface area contributed by atoms with Crippen molar-refractivity contribution in [2.45, 2.75) is 58.0 Å². The normalized spacial score (nSPS) is 26.5. The molecule has 0 amide bonds. The van der Waals surface area contributed by atoms with Gasteiger partial charge in [-0.25, -0.2) is 0 Å². The van der Waals surface area contributed by atoms with Gasteiger partial charge in [-0.15, -0.1) is 0 Å². The van der Waals surface area contributed by atoms with Gasteiger partial charge in [-0.05, 0) is 61.1 Å². The van der Waals surface area contributed by atoms with Gasteiger partial charge >= 0.3 is 11.9 Å². The van der Waals surface area contributed by atoms with Crippen LogP contribution in [0.2, 0.25) is 0 Å². The quantitative estimate of drug-likeness (QED) is 0.621. The largest absolute Gasteiger partial charge is 0.463 e. The van der Waals surface area contributed by atoms with Crippen LogP contribution in [0, 0.1) is 5.92 Å². The van der Waals surface area contributed by atoms with Crippen LogP contribution in [0.4, 0.5) is 0 Å². The third-order valence-electron chi connectivity index (χ3n) is 4.85. The Morgan fingerprint density at radius 3 is 2.64 bits per heavy atom. The average molecular weight is 302 g/mol. The number of ether oxygens (including phenoxy) is 2. The summed E-state index contributed by atoms with van der Waals surface area (Å²) in [6.45, 7) is 2.92. The molecule has 1 saturated carbocycles. The Labute approximate surface area is 130 Å². The molecule has 3 rings (SSSR count). The van der Waals surface area contributed by atoms with E-state index in [1.165, 1.54) is 25.0 Å². The van der Waals surface area contributed by atoms with Crippen molar-refractivity contribution in [1.29, 1.82) is 0 Å². The Morgan fingerprint density at radius 1 is 1.09 bits per heavy atom. The molecule has 0 spiro atoms. The maximum absolute atomic E-state index is 11.3. The van der Waals surface area contributed by atoms with Gasteiger partial charge in [0, 0.05) is 13.8 Å². The number of carbonyl (C=O) groups is 2. The van der Waals surface area contributed by atoms with Crippen molar-refractivity contribution >= 4 is 11.9 Å². The number of rotatable bonds is 2. The molecule has 0 N–H and O–H groups in total. The van der Waals surface area contributed by atoms with E-state index in [1.807, 2.05) is 12.1 Å². The lowest BCUT2D eigenvalue weighted by molar-refractivity contribution is -0.148. The van der Waals surface area contributed by atoms with Crippen molar-refractivity contribution in [2.75, 3.05) is 0 Å². The highest BCUT2D eigenvalue weighted by Gasteiger charge is 2.37. The van der Waals surface area contributed by atoms with E-state index in [1.54, 1.807) is 0 Å². The smallest absolute Gasteiger partial charge is 0.308 e. The fourth-order valence-corrected chi connectivity index (χ4v) is 4.07. The van der Waals surface area contributed by atoms with Gasteiger partial charge in [0.25, 0.3) is 0 Å². The summed E-state index contributed by atoms with van der Waals surface area (Å²) in [7, 11) is 0. The highest BCUT2D eigenvalue weighted by molar-refractivity contribution is 5.70. The molecule has 2 aliphatic carbocycles. The standard InChI is InChI=1S/C18H22O4/c1-11(19)21-14-7-9-15-13(10-14)6-8-17-16(15)4-3-5-18(17)22-12(2)20/h3-5,13-15H,6-10H2,1-2H3/t13-,14+,15+/m1/s1. The van der Waals surface area contributed by atoms with Gasteiger partial charge in [-0.3, -0.25) is 9.59 Å². The lowest BCUT2D eigenvalue weighted by Crippen LogP contribution is -2.32. The van der Waals surface area contributed by atoms with Crippen molar-refractivity contribution in [3.63, 3.8) is 0 Å². The van der Waals surface area contributed by atoms with Gasteiger partial charge in [0.05, 0.1) is 0 Å². The van der Waals surface area contributed by atoms with Gasteiger partial charge in [-0.2, -0.15) is 0 Å². The molecule has 1 fully saturated rings. The first-order valence-electron chi connectivity index (χ1n) is 8.02. The maximum atomic E-state index is 11.3. The summed E-state index contributed by atoms with van der Waals surface area (Å²) in [6, 6.07) is 6.01. The highest BCUT2D eigenvalue weighted by Crippen LogP contribution is 2.47. The maximum Gasteiger partial charge on any atom is 0.308 e. The molecule has 118 valence electrons. The van der Waals surface area contributed by atoms with Crippen LogP contribution in [0.25, 0.3) is 0 Å². The molecular formula is C18H22O4. The molecule has 3 atom stereocenters. The Bertz CT molecular complexity index is 593. The molecule has 0 unspecified atom stereocenters. The molecule has 2 aliphatic rings. The zero-order valence-electron chi connectivity index (χ0n) is 13.1. The molecule has 0 radical (unpaired) electrons. The van der Waals surface area contributed by atoms with Crippen molar-refractivity contribution in [2.24, 2.45) is 5.92 Å². The topological polar surface area (TPSA) is 52.6 Å². The Balaban J connectivity index is 1.81. The number of benzene rings is 1. The number of hydrogen-bond donors (Lipinski definition) is 0. The summed E-state index contributed by atoms with van der Waals surface area (Å²) in [6.07, 6.45) is 4.94. The van der Waals surface area contributed by atoms with Crippen molar-refractivity contribution in [1.82, 2.24) is 0 Å². The Morgan fingerprint density at radius 2 is 1.91 bits per heavy atom. The molecule has 1 aromatic carbocycles. The van der Waals surface area contributed by atoms with Gasteiger partial charge in [0.15, 0.2) is 0 Å². The van der Waals surface area contributed by atoms with Crippen LogP contribution in [0.15, 0.2) is 18.2 Å². The second kappa shape index (κ2) is 6.11. The van der Waals surface area contributed by atoms with E-state index in [2.05, 4.69) is 6.07 Å². The monoisotopic (exact) mass is 302 g/mol. The summed E-state index contributed by atoms with van der Waals surface area (Å²) in [5.41, 5.74) is 2.50. The highest BCUT2D eigenvalue weighted by atomic mass is 16.5. The lowest BCUT2D eigenvalue weighted by Gasteiger charge is -2.40. The molecule has 1 aromatic rings.